The van der Waals surface area contributed by atoms with Crippen LogP contribution in [0.2, 0.25) is 0 Å². The SMILES string of the molecule is NC1CCCN(c2ccncc2Nc2nccc3ncccc23)C1. The van der Waals surface area contributed by atoms with Gasteiger partial charge in [-0.1, -0.05) is 0 Å². The Bertz CT molecular complexity index is 844. The Morgan fingerprint density at radius 3 is 3.00 bits per heavy atom. The number of nitrogens with zero attached hydrogens (tertiary/aromatic N) is 4. The second kappa shape index (κ2) is 6.41. The lowest BCUT2D eigenvalue weighted by atomic mass is 10.1. The number of piperidine rings is 1. The number of hydrogen-bond donors (Lipinski definition) is 2. The van der Waals surface area contributed by atoms with Crippen LogP contribution in [0.4, 0.5) is 17.2 Å². The molecular weight excluding hydrogens is 300 g/mol. The molecule has 1 fully saturated rings. The minimum absolute atomic E-state index is 0.222. The van der Waals surface area contributed by atoms with Gasteiger partial charge >= 0.3 is 0 Å². The van der Waals surface area contributed by atoms with Gasteiger partial charge in [-0.2, -0.15) is 0 Å². The van der Waals surface area contributed by atoms with Crippen LogP contribution in [0.1, 0.15) is 12.8 Å². The number of hydrogen-bond acceptors (Lipinski definition) is 6. The smallest absolute Gasteiger partial charge is 0.139 e. The van der Waals surface area contributed by atoms with Gasteiger partial charge in [0.25, 0.3) is 0 Å². The van der Waals surface area contributed by atoms with Crippen molar-refractivity contribution in [3.63, 3.8) is 0 Å². The highest BCUT2D eigenvalue weighted by Crippen LogP contribution is 2.31. The van der Waals surface area contributed by atoms with Crippen molar-refractivity contribution in [3.8, 4) is 0 Å². The van der Waals surface area contributed by atoms with E-state index in [0.717, 1.165) is 54.0 Å². The number of nitrogens with two attached hydrogens (primary N) is 1. The maximum Gasteiger partial charge on any atom is 0.139 e. The van der Waals surface area contributed by atoms with Crippen LogP contribution in [0.15, 0.2) is 49.1 Å². The van der Waals surface area contributed by atoms with E-state index in [1.165, 1.54) is 0 Å². The van der Waals surface area contributed by atoms with E-state index >= 15 is 0 Å². The number of aromatic nitrogens is 3. The quantitative estimate of drug-likeness (QED) is 0.772. The van der Waals surface area contributed by atoms with E-state index in [4.69, 9.17) is 5.73 Å². The van der Waals surface area contributed by atoms with Gasteiger partial charge in [-0.3, -0.25) is 9.97 Å². The minimum Gasteiger partial charge on any atom is -0.368 e. The maximum absolute atomic E-state index is 6.14. The molecule has 1 saturated heterocycles. The second-order valence-corrected chi connectivity index (χ2v) is 6.10. The van der Waals surface area contributed by atoms with Crippen LogP contribution in [-0.2, 0) is 0 Å². The van der Waals surface area contributed by atoms with Crippen LogP contribution >= 0.6 is 0 Å². The largest absolute Gasteiger partial charge is 0.368 e. The molecule has 3 aromatic heterocycles. The molecule has 0 bridgehead atoms. The van der Waals surface area contributed by atoms with Crippen molar-refractivity contribution in [1.82, 2.24) is 15.0 Å². The van der Waals surface area contributed by atoms with Crippen LogP contribution in [0.25, 0.3) is 10.9 Å². The summed E-state index contributed by atoms with van der Waals surface area (Å²) >= 11 is 0. The van der Waals surface area contributed by atoms with Gasteiger partial charge in [-0.25, -0.2) is 4.98 Å². The van der Waals surface area contributed by atoms with Gasteiger partial charge < -0.3 is 16.0 Å². The molecule has 24 heavy (non-hydrogen) atoms. The molecule has 0 aromatic carbocycles. The molecule has 1 unspecified atom stereocenters. The molecule has 0 spiro atoms. The first kappa shape index (κ1) is 14.8. The van der Waals surface area contributed by atoms with Crippen molar-refractivity contribution in [1.29, 1.82) is 0 Å². The number of pyridine rings is 3. The summed E-state index contributed by atoms with van der Waals surface area (Å²) < 4.78 is 0. The van der Waals surface area contributed by atoms with Gasteiger partial charge in [0.15, 0.2) is 0 Å². The maximum atomic E-state index is 6.14. The van der Waals surface area contributed by atoms with Crippen LogP contribution in [0, 0.1) is 0 Å². The molecule has 122 valence electrons. The fourth-order valence-corrected chi connectivity index (χ4v) is 3.22. The molecular formula is C18H20N6. The number of rotatable bonds is 3. The highest BCUT2D eigenvalue weighted by Gasteiger charge is 2.19. The fraction of sp³-hybridized carbons (Fsp3) is 0.278. The molecule has 4 heterocycles. The Labute approximate surface area is 140 Å². The van der Waals surface area contributed by atoms with Crippen molar-refractivity contribution in [2.24, 2.45) is 5.73 Å². The molecule has 1 atom stereocenters. The highest BCUT2D eigenvalue weighted by atomic mass is 15.2. The summed E-state index contributed by atoms with van der Waals surface area (Å²) in [6, 6.07) is 8.10. The molecule has 0 amide bonds. The van der Waals surface area contributed by atoms with Crippen molar-refractivity contribution in [3.05, 3.63) is 49.1 Å². The molecule has 1 aliphatic heterocycles. The van der Waals surface area contributed by atoms with E-state index < -0.39 is 0 Å². The van der Waals surface area contributed by atoms with Gasteiger partial charge in [-0.15, -0.1) is 0 Å². The van der Waals surface area contributed by atoms with E-state index in [1.807, 2.05) is 36.7 Å². The Morgan fingerprint density at radius 2 is 2.08 bits per heavy atom. The van der Waals surface area contributed by atoms with Gasteiger partial charge in [0.05, 0.1) is 23.1 Å². The zero-order chi connectivity index (χ0) is 16.4. The molecule has 0 saturated carbocycles. The third-order valence-electron chi connectivity index (χ3n) is 4.38. The standard InChI is InChI=1S/C18H20N6/c19-13-3-2-10-24(12-13)17-6-8-20-11-16(17)23-18-14-4-1-7-21-15(14)5-9-22-18/h1,4-9,11,13H,2-3,10,12,19H2,(H,22,23). The summed E-state index contributed by atoms with van der Waals surface area (Å²) in [5.74, 6) is 0.788. The van der Waals surface area contributed by atoms with Gasteiger partial charge in [0.2, 0.25) is 0 Å². The summed E-state index contributed by atoms with van der Waals surface area (Å²) in [7, 11) is 0. The summed E-state index contributed by atoms with van der Waals surface area (Å²) in [6.07, 6.45) is 9.41. The molecule has 6 nitrogen and oxygen atoms in total. The summed E-state index contributed by atoms with van der Waals surface area (Å²) in [6.45, 7) is 1.88. The van der Waals surface area contributed by atoms with Gasteiger partial charge in [0.1, 0.15) is 5.82 Å². The van der Waals surface area contributed by atoms with Crippen LogP contribution < -0.4 is 16.0 Å². The number of anilines is 3. The highest BCUT2D eigenvalue weighted by molar-refractivity contribution is 5.91. The monoisotopic (exact) mass is 320 g/mol. The lowest BCUT2D eigenvalue weighted by molar-refractivity contribution is 0.506. The average Bonchev–Trinajstić information content (AvgIpc) is 2.62. The Kier molecular flexibility index (Phi) is 3.96. The van der Waals surface area contributed by atoms with E-state index in [1.54, 1.807) is 12.4 Å². The first-order valence-electron chi connectivity index (χ1n) is 8.22. The number of fused-ring (bicyclic) bond motifs is 1. The molecule has 4 rings (SSSR count). The second-order valence-electron chi connectivity index (χ2n) is 6.10. The molecule has 1 aliphatic rings. The summed E-state index contributed by atoms with van der Waals surface area (Å²) in [5, 5.41) is 4.42. The predicted molar refractivity (Wildman–Crippen MR) is 96.5 cm³/mol. The molecule has 3 aromatic rings. The van der Waals surface area contributed by atoms with Crippen molar-refractivity contribution in [2.75, 3.05) is 23.3 Å². The van der Waals surface area contributed by atoms with Crippen LogP contribution in [0.3, 0.4) is 0 Å². The molecule has 0 radical (unpaired) electrons. The Hall–Kier alpha value is -2.73. The molecule has 0 aliphatic carbocycles. The average molecular weight is 320 g/mol. The third-order valence-corrected chi connectivity index (χ3v) is 4.38. The van der Waals surface area contributed by atoms with Crippen molar-refractivity contribution >= 4 is 28.1 Å². The van der Waals surface area contributed by atoms with E-state index in [0.29, 0.717) is 0 Å². The number of nitrogens with one attached hydrogen (secondary N) is 1. The van der Waals surface area contributed by atoms with Crippen LogP contribution in [-0.4, -0.2) is 34.1 Å². The minimum atomic E-state index is 0.222. The normalized spacial score (nSPS) is 17.9. The third kappa shape index (κ3) is 2.88. The fourth-order valence-electron chi connectivity index (χ4n) is 3.22. The van der Waals surface area contributed by atoms with E-state index in [-0.39, 0.29) is 6.04 Å². The van der Waals surface area contributed by atoms with Crippen molar-refractivity contribution in [2.45, 2.75) is 18.9 Å². The van der Waals surface area contributed by atoms with Crippen molar-refractivity contribution < 1.29 is 0 Å². The topological polar surface area (TPSA) is 80.0 Å². The Morgan fingerprint density at radius 1 is 1.12 bits per heavy atom. The van der Waals surface area contributed by atoms with Gasteiger partial charge in [0, 0.05) is 43.1 Å². The lowest BCUT2D eigenvalue weighted by Gasteiger charge is -2.33. The molecule has 6 heteroatoms. The molecule has 3 N–H and O–H groups in total. The Balaban J connectivity index is 1.70. The van der Waals surface area contributed by atoms with E-state index in [2.05, 4.69) is 25.2 Å². The van der Waals surface area contributed by atoms with E-state index in [9.17, 15) is 0 Å². The predicted octanol–water partition coefficient (Wildman–Crippen LogP) is 2.70. The van der Waals surface area contributed by atoms with Gasteiger partial charge in [-0.05, 0) is 37.1 Å². The summed E-state index contributed by atoms with van der Waals surface area (Å²) in [4.78, 5) is 15.5. The zero-order valence-corrected chi connectivity index (χ0v) is 13.4. The summed E-state index contributed by atoms with van der Waals surface area (Å²) in [5.41, 5.74) is 9.11. The zero-order valence-electron chi connectivity index (χ0n) is 13.4. The first-order chi connectivity index (χ1) is 11.8. The first-order valence-corrected chi connectivity index (χ1v) is 8.22. The lowest BCUT2D eigenvalue weighted by Crippen LogP contribution is -2.43. The van der Waals surface area contributed by atoms with Crippen LogP contribution in [0.5, 0.6) is 0 Å².